The minimum atomic E-state index is 0.742. The standard InChI is InChI=1S/C16H13ClN2S.C2H6/c17-13-5-3-12(4-6-13)15-10-20-16(19-15)9-11-1-7-14(18)8-2-11;1-2/h1-8,10H,9,18H2;1-2H3. The van der Waals surface area contributed by atoms with Crippen LogP contribution in [0.15, 0.2) is 53.9 Å². The number of benzene rings is 2. The van der Waals surface area contributed by atoms with Crippen LogP contribution in [-0.2, 0) is 6.42 Å². The molecule has 3 aromatic rings. The summed E-state index contributed by atoms with van der Waals surface area (Å²) < 4.78 is 0. The Balaban J connectivity index is 0.000000847. The van der Waals surface area contributed by atoms with Crippen LogP contribution in [0.2, 0.25) is 5.02 Å². The Hall–Kier alpha value is -1.84. The second-order valence-corrected chi connectivity index (χ2v) is 5.93. The second-order valence-electron chi connectivity index (χ2n) is 4.55. The first-order valence-electron chi connectivity index (χ1n) is 7.25. The van der Waals surface area contributed by atoms with Gasteiger partial charge in [0.25, 0.3) is 0 Å². The normalized spacial score (nSPS) is 9.95. The SMILES string of the molecule is CC.Nc1ccc(Cc2nc(-c3ccc(Cl)cc3)cs2)cc1. The van der Waals surface area contributed by atoms with E-state index in [-0.39, 0.29) is 0 Å². The molecule has 2 nitrogen and oxygen atoms in total. The third-order valence-electron chi connectivity index (χ3n) is 3.03. The molecule has 0 aliphatic carbocycles. The van der Waals surface area contributed by atoms with Gasteiger partial charge in [0.05, 0.1) is 10.7 Å². The topological polar surface area (TPSA) is 38.9 Å². The van der Waals surface area contributed by atoms with Crippen LogP contribution in [0, 0.1) is 0 Å². The van der Waals surface area contributed by atoms with Crippen LogP contribution in [0.5, 0.6) is 0 Å². The Morgan fingerprint density at radius 1 is 1.00 bits per heavy atom. The van der Waals surface area contributed by atoms with Gasteiger partial charge in [-0.05, 0) is 29.8 Å². The van der Waals surface area contributed by atoms with Crippen molar-refractivity contribution in [3.05, 3.63) is 69.5 Å². The second kappa shape index (κ2) is 7.97. The largest absolute Gasteiger partial charge is 0.399 e. The molecule has 0 unspecified atom stereocenters. The van der Waals surface area contributed by atoms with Crippen molar-refractivity contribution < 1.29 is 0 Å². The fraction of sp³-hybridized carbons (Fsp3) is 0.167. The molecule has 0 spiro atoms. The van der Waals surface area contributed by atoms with E-state index in [0.717, 1.165) is 33.4 Å². The van der Waals surface area contributed by atoms with Gasteiger partial charge in [-0.25, -0.2) is 4.98 Å². The molecule has 4 heteroatoms. The van der Waals surface area contributed by atoms with Gasteiger partial charge in [-0.2, -0.15) is 0 Å². The van der Waals surface area contributed by atoms with E-state index in [9.17, 15) is 0 Å². The molecule has 0 fully saturated rings. The van der Waals surface area contributed by atoms with Gasteiger partial charge in [0.15, 0.2) is 0 Å². The minimum Gasteiger partial charge on any atom is -0.399 e. The van der Waals surface area contributed by atoms with Gasteiger partial charge in [-0.15, -0.1) is 11.3 Å². The fourth-order valence-electron chi connectivity index (χ4n) is 1.96. The highest BCUT2D eigenvalue weighted by molar-refractivity contribution is 7.10. The van der Waals surface area contributed by atoms with E-state index in [1.165, 1.54) is 5.56 Å². The quantitative estimate of drug-likeness (QED) is 0.629. The van der Waals surface area contributed by atoms with E-state index in [4.69, 9.17) is 17.3 Å². The number of halogens is 1. The molecule has 0 radical (unpaired) electrons. The number of hydrogen-bond acceptors (Lipinski definition) is 3. The van der Waals surface area contributed by atoms with Crippen molar-refractivity contribution >= 4 is 28.6 Å². The van der Waals surface area contributed by atoms with Crippen LogP contribution in [0.25, 0.3) is 11.3 Å². The van der Waals surface area contributed by atoms with Crippen molar-refractivity contribution in [3.63, 3.8) is 0 Å². The van der Waals surface area contributed by atoms with Crippen molar-refractivity contribution in [1.82, 2.24) is 4.98 Å². The molecule has 0 bridgehead atoms. The molecule has 0 amide bonds. The van der Waals surface area contributed by atoms with E-state index in [1.54, 1.807) is 11.3 Å². The van der Waals surface area contributed by atoms with Crippen LogP contribution in [0.3, 0.4) is 0 Å². The van der Waals surface area contributed by atoms with E-state index in [0.29, 0.717) is 0 Å². The zero-order valence-corrected chi connectivity index (χ0v) is 14.3. The van der Waals surface area contributed by atoms with Crippen LogP contribution in [-0.4, -0.2) is 4.98 Å². The molecule has 1 heterocycles. The first-order valence-corrected chi connectivity index (χ1v) is 8.51. The number of nitrogens with zero attached hydrogens (tertiary/aromatic N) is 1. The molecule has 3 rings (SSSR count). The average Bonchev–Trinajstić information content (AvgIpc) is 3.01. The molecule has 0 saturated heterocycles. The van der Waals surface area contributed by atoms with Crippen LogP contribution in [0.1, 0.15) is 24.4 Å². The van der Waals surface area contributed by atoms with Gasteiger partial charge in [0, 0.05) is 28.1 Å². The summed E-state index contributed by atoms with van der Waals surface area (Å²) in [5.41, 5.74) is 9.78. The van der Waals surface area contributed by atoms with E-state index < -0.39 is 0 Å². The summed E-state index contributed by atoms with van der Waals surface area (Å²) >= 11 is 7.57. The Kier molecular flexibility index (Phi) is 5.99. The highest BCUT2D eigenvalue weighted by Crippen LogP contribution is 2.24. The van der Waals surface area contributed by atoms with E-state index >= 15 is 0 Å². The first kappa shape index (κ1) is 16.5. The van der Waals surface area contributed by atoms with Crippen molar-refractivity contribution in [2.45, 2.75) is 20.3 Å². The van der Waals surface area contributed by atoms with E-state index in [1.807, 2.05) is 62.4 Å². The smallest absolute Gasteiger partial charge is 0.0976 e. The lowest BCUT2D eigenvalue weighted by Crippen LogP contribution is -1.89. The average molecular weight is 331 g/mol. The van der Waals surface area contributed by atoms with Crippen LogP contribution >= 0.6 is 22.9 Å². The summed E-state index contributed by atoms with van der Waals surface area (Å²) in [6.07, 6.45) is 0.832. The Labute approximate surface area is 140 Å². The van der Waals surface area contributed by atoms with Gasteiger partial charge < -0.3 is 5.73 Å². The molecular formula is C18H19ClN2S. The summed E-state index contributed by atoms with van der Waals surface area (Å²) in [7, 11) is 0. The monoisotopic (exact) mass is 330 g/mol. The summed E-state index contributed by atoms with van der Waals surface area (Å²) in [5.74, 6) is 0. The number of anilines is 1. The number of nitrogens with two attached hydrogens (primary N) is 1. The third-order valence-corrected chi connectivity index (χ3v) is 4.13. The number of hydrogen-bond donors (Lipinski definition) is 1. The third kappa shape index (κ3) is 4.33. The predicted molar refractivity (Wildman–Crippen MR) is 97.6 cm³/mol. The maximum absolute atomic E-state index is 5.90. The van der Waals surface area contributed by atoms with Gasteiger partial charge in [-0.3, -0.25) is 0 Å². The first-order chi connectivity index (χ1) is 10.7. The molecule has 114 valence electrons. The molecule has 1 aromatic heterocycles. The van der Waals surface area contributed by atoms with Crippen molar-refractivity contribution in [1.29, 1.82) is 0 Å². The van der Waals surface area contributed by atoms with Gasteiger partial charge in [-0.1, -0.05) is 49.7 Å². The highest BCUT2D eigenvalue weighted by Gasteiger charge is 2.05. The summed E-state index contributed by atoms with van der Waals surface area (Å²) in [6.45, 7) is 4.00. The lowest BCUT2D eigenvalue weighted by Gasteiger charge is -1.99. The molecule has 0 saturated carbocycles. The van der Waals surface area contributed by atoms with Crippen molar-refractivity contribution in [2.75, 3.05) is 5.73 Å². The Morgan fingerprint density at radius 3 is 2.27 bits per heavy atom. The zero-order valence-electron chi connectivity index (χ0n) is 12.7. The number of rotatable bonds is 3. The minimum absolute atomic E-state index is 0.742. The lowest BCUT2D eigenvalue weighted by molar-refractivity contribution is 1.14. The maximum Gasteiger partial charge on any atom is 0.0976 e. The van der Waals surface area contributed by atoms with Crippen molar-refractivity contribution in [2.24, 2.45) is 0 Å². The molecular weight excluding hydrogens is 312 g/mol. The predicted octanol–water partition coefficient (Wildman–Crippen LogP) is 5.66. The van der Waals surface area contributed by atoms with E-state index in [2.05, 4.69) is 10.4 Å². The Morgan fingerprint density at radius 2 is 1.64 bits per heavy atom. The molecule has 0 aliphatic rings. The van der Waals surface area contributed by atoms with Gasteiger partial charge in [0.2, 0.25) is 0 Å². The molecule has 0 atom stereocenters. The number of thiazole rings is 1. The van der Waals surface area contributed by atoms with Crippen molar-refractivity contribution in [3.8, 4) is 11.3 Å². The maximum atomic E-state index is 5.90. The summed E-state index contributed by atoms with van der Waals surface area (Å²) in [4.78, 5) is 4.67. The molecule has 22 heavy (non-hydrogen) atoms. The van der Waals surface area contributed by atoms with Gasteiger partial charge in [0.1, 0.15) is 0 Å². The fourth-order valence-corrected chi connectivity index (χ4v) is 2.92. The molecule has 2 aromatic carbocycles. The summed E-state index contributed by atoms with van der Waals surface area (Å²) in [5, 5.41) is 3.92. The number of nitrogen functional groups attached to an aromatic ring is 1. The van der Waals surface area contributed by atoms with Gasteiger partial charge >= 0.3 is 0 Å². The lowest BCUT2D eigenvalue weighted by atomic mass is 10.1. The highest BCUT2D eigenvalue weighted by atomic mass is 35.5. The molecule has 2 N–H and O–H groups in total. The van der Waals surface area contributed by atoms with Crippen LogP contribution < -0.4 is 5.73 Å². The molecule has 0 aliphatic heterocycles. The Bertz CT molecular complexity index is 703. The number of aromatic nitrogens is 1. The van der Waals surface area contributed by atoms with Crippen LogP contribution in [0.4, 0.5) is 5.69 Å². The summed E-state index contributed by atoms with van der Waals surface area (Å²) in [6, 6.07) is 15.7. The zero-order chi connectivity index (χ0) is 15.9.